The summed E-state index contributed by atoms with van der Waals surface area (Å²) in [6.07, 6.45) is 1.71. The van der Waals surface area contributed by atoms with Crippen LogP contribution in [0, 0.1) is 6.92 Å². The zero-order valence-corrected chi connectivity index (χ0v) is 12.6. The Morgan fingerprint density at radius 1 is 1.00 bits per heavy atom. The minimum Gasteiger partial charge on any atom is -0.361 e. The van der Waals surface area contributed by atoms with Gasteiger partial charge in [-0.25, -0.2) is 0 Å². The van der Waals surface area contributed by atoms with Gasteiger partial charge in [0.15, 0.2) is 0 Å². The van der Waals surface area contributed by atoms with Gasteiger partial charge in [-0.3, -0.25) is 4.79 Å². The summed E-state index contributed by atoms with van der Waals surface area (Å²) in [6.45, 7) is 3.85. The van der Waals surface area contributed by atoms with Gasteiger partial charge in [-0.2, -0.15) is 10.1 Å². The van der Waals surface area contributed by atoms with Crippen molar-refractivity contribution in [2.24, 2.45) is 5.10 Å². The Morgan fingerprint density at radius 2 is 1.68 bits per heavy atom. The van der Waals surface area contributed by atoms with E-state index in [-0.39, 0.29) is 5.91 Å². The van der Waals surface area contributed by atoms with Crippen LogP contribution in [0.25, 0.3) is 0 Å². The third-order valence-electron chi connectivity index (χ3n) is 3.50. The van der Waals surface area contributed by atoms with Gasteiger partial charge >= 0.3 is 0 Å². The Labute approximate surface area is 129 Å². The van der Waals surface area contributed by atoms with Gasteiger partial charge in [-0.15, -0.1) is 0 Å². The highest BCUT2D eigenvalue weighted by Gasteiger charge is 2.28. The number of carbonyl (C=O) groups is 1. The topological polar surface area (TPSA) is 44.7 Å². The number of nitrogens with one attached hydrogen (secondary N) is 1. The van der Waals surface area contributed by atoms with E-state index in [4.69, 9.17) is 0 Å². The number of hydrogen-bond donors (Lipinski definition) is 1. The Morgan fingerprint density at radius 3 is 2.36 bits per heavy atom. The van der Waals surface area contributed by atoms with Crippen LogP contribution >= 0.6 is 0 Å². The largest absolute Gasteiger partial charge is 0.361 e. The summed E-state index contributed by atoms with van der Waals surface area (Å²) in [5.74, 6) is -0.121. The Kier molecular flexibility index (Phi) is 3.74. The lowest BCUT2D eigenvalue weighted by Gasteiger charge is -2.11. The first-order valence-corrected chi connectivity index (χ1v) is 7.13. The standard InChI is InChI=1S/C18H17N3O/c1-13-8-10-16(11-9-13)21-18(22)17(14(2)20-21)12-19-15-6-4-3-5-7-15/h3-12,19H,1-2H3. The van der Waals surface area contributed by atoms with E-state index in [9.17, 15) is 4.79 Å². The third-order valence-corrected chi connectivity index (χ3v) is 3.50. The third kappa shape index (κ3) is 2.76. The molecule has 0 spiro atoms. The monoisotopic (exact) mass is 291 g/mol. The summed E-state index contributed by atoms with van der Waals surface area (Å²) in [5.41, 5.74) is 4.14. The molecule has 2 aromatic rings. The lowest BCUT2D eigenvalue weighted by Crippen LogP contribution is -2.21. The van der Waals surface area contributed by atoms with Gasteiger partial charge in [-0.1, -0.05) is 35.9 Å². The molecular formula is C18H17N3O. The van der Waals surface area contributed by atoms with Crippen LogP contribution < -0.4 is 10.3 Å². The summed E-state index contributed by atoms with van der Waals surface area (Å²) in [7, 11) is 0. The van der Waals surface area contributed by atoms with E-state index < -0.39 is 0 Å². The van der Waals surface area contributed by atoms with Crippen molar-refractivity contribution in [2.45, 2.75) is 13.8 Å². The Balaban J connectivity index is 1.82. The fraction of sp³-hybridized carbons (Fsp3) is 0.111. The minimum absolute atomic E-state index is 0.121. The van der Waals surface area contributed by atoms with E-state index in [0.29, 0.717) is 11.3 Å². The molecule has 2 aromatic carbocycles. The summed E-state index contributed by atoms with van der Waals surface area (Å²) in [5, 5.41) is 8.93. The number of hydrazone groups is 1. The quantitative estimate of drug-likeness (QED) is 0.876. The number of hydrogen-bond acceptors (Lipinski definition) is 3. The molecule has 110 valence electrons. The first-order valence-electron chi connectivity index (χ1n) is 7.13. The van der Waals surface area contributed by atoms with E-state index in [2.05, 4.69) is 10.4 Å². The number of carbonyl (C=O) groups excluding carboxylic acids is 1. The van der Waals surface area contributed by atoms with Gasteiger partial charge < -0.3 is 5.32 Å². The first kappa shape index (κ1) is 14.1. The fourth-order valence-corrected chi connectivity index (χ4v) is 2.24. The van der Waals surface area contributed by atoms with Crippen LogP contribution in [0.1, 0.15) is 12.5 Å². The van der Waals surface area contributed by atoms with Gasteiger partial charge in [0.1, 0.15) is 0 Å². The molecule has 0 saturated carbocycles. The highest BCUT2D eigenvalue weighted by Crippen LogP contribution is 2.23. The normalized spacial score (nSPS) is 16.1. The van der Waals surface area contributed by atoms with Crippen LogP contribution in [-0.2, 0) is 4.79 Å². The maximum absolute atomic E-state index is 12.5. The number of rotatable bonds is 3. The van der Waals surface area contributed by atoms with Crippen LogP contribution in [0.3, 0.4) is 0 Å². The second kappa shape index (κ2) is 5.85. The van der Waals surface area contributed by atoms with Crippen LogP contribution in [0.4, 0.5) is 11.4 Å². The summed E-state index contributed by atoms with van der Waals surface area (Å²) >= 11 is 0. The number of amides is 1. The predicted molar refractivity (Wildman–Crippen MR) is 89.9 cm³/mol. The van der Waals surface area contributed by atoms with Crippen molar-refractivity contribution in [1.29, 1.82) is 0 Å². The van der Waals surface area contributed by atoms with Gasteiger partial charge in [0, 0.05) is 11.9 Å². The van der Waals surface area contributed by atoms with E-state index in [1.54, 1.807) is 6.20 Å². The molecule has 1 amide bonds. The van der Waals surface area contributed by atoms with Gasteiger partial charge in [-0.05, 0) is 38.1 Å². The summed E-state index contributed by atoms with van der Waals surface area (Å²) < 4.78 is 0. The smallest absolute Gasteiger partial charge is 0.282 e. The van der Waals surface area contributed by atoms with Gasteiger partial charge in [0.25, 0.3) is 5.91 Å². The average Bonchev–Trinajstić information content (AvgIpc) is 2.82. The Bertz CT molecular complexity index is 746. The molecule has 1 aliphatic rings. The molecule has 4 heteroatoms. The van der Waals surface area contributed by atoms with E-state index >= 15 is 0 Å². The number of aryl methyl sites for hydroxylation is 1. The summed E-state index contributed by atoms with van der Waals surface area (Å²) in [6, 6.07) is 17.5. The van der Waals surface area contributed by atoms with Crippen molar-refractivity contribution >= 4 is 23.0 Å². The molecule has 0 atom stereocenters. The van der Waals surface area contributed by atoms with E-state index in [0.717, 1.165) is 16.9 Å². The number of anilines is 2. The summed E-state index contributed by atoms with van der Waals surface area (Å²) in [4.78, 5) is 12.5. The van der Waals surface area contributed by atoms with Crippen molar-refractivity contribution in [1.82, 2.24) is 0 Å². The Hall–Kier alpha value is -2.88. The zero-order valence-electron chi connectivity index (χ0n) is 12.6. The second-order valence-corrected chi connectivity index (χ2v) is 5.21. The van der Waals surface area contributed by atoms with Crippen molar-refractivity contribution < 1.29 is 4.79 Å². The molecule has 3 rings (SSSR count). The highest BCUT2D eigenvalue weighted by molar-refractivity contribution is 6.29. The van der Waals surface area contributed by atoms with Crippen LogP contribution in [-0.4, -0.2) is 11.6 Å². The second-order valence-electron chi connectivity index (χ2n) is 5.21. The molecule has 0 saturated heterocycles. The molecule has 0 aliphatic carbocycles. The zero-order chi connectivity index (χ0) is 15.5. The average molecular weight is 291 g/mol. The van der Waals surface area contributed by atoms with Crippen LogP contribution in [0.15, 0.2) is 71.5 Å². The van der Waals surface area contributed by atoms with Gasteiger partial charge in [0.2, 0.25) is 0 Å². The first-order chi connectivity index (χ1) is 10.6. The maximum atomic E-state index is 12.5. The van der Waals surface area contributed by atoms with Crippen molar-refractivity contribution in [2.75, 3.05) is 10.3 Å². The number of benzene rings is 2. The van der Waals surface area contributed by atoms with Crippen molar-refractivity contribution in [3.63, 3.8) is 0 Å². The SMILES string of the molecule is CC1=NN(c2ccc(C)cc2)C(=O)C1=CNc1ccccc1. The molecule has 1 heterocycles. The minimum atomic E-state index is -0.121. The molecule has 4 nitrogen and oxygen atoms in total. The van der Waals surface area contributed by atoms with Crippen molar-refractivity contribution in [3.8, 4) is 0 Å². The molecular weight excluding hydrogens is 274 g/mol. The molecule has 0 unspecified atom stereocenters. The molecule has 1 aliphatic heterocycles. The van der Waals surface area contributed by atoms with Crippen molar-refractivity contribution in [3.05, 3.63) is 71.9 Å². The lowest BCUT2D eigenvalue weighted by molar-refractivity contribution is -0.114. The fourth-order valence-electron chi connectivity index (χ4n) is 2.24. The van der Waals surface area contributed by atoms with E-state index in [1.165, 1.54) is 5.01 Å². The molecule has 22 heavy (non-hydrogen) atoms. The number of para-hydroxylation sites is 1. The number of nitrogens with zero attached hydrogens (tertiary/aromatic N) is 2. The van der Waals surface area contributed by atoms with Gasteiger partial charge in [0.05, 0.1) is 17.0 Å². The molecule has 0 aromatic heterocycles. The van der Waals surface area contributed by atoms with Crippen LogP contribution in [0.5, 0.6) is 0 Å². The van der Waals surface area contributed by atoms with E-state index in [1.807, 2.05) is 68.4 Å². The highest BCUT2D eigenvalue weighted by atomic mass is 16.2. The lowest BCUT2D eigenvalue weighted by atomic mass is 10.2. The van der Waals surface area contributed by atoms with Crippen LogP contribution in [0.2, 0.25) is 0 Å². The maximum Gasteiger partial charge on any atom is 0.282 e. The molecule has 0 radical (unpaired) electrons. The molecule has 0 bridgehead atoms. The molecule has 0 fully saturated rings. The molecule has 1 N–H and O–H groups in total. The predicted octanol–water partition coefficient (Wildman–Crippen LogP) is 3.71.